The van der Waals surface area contributed by atoms with E-state index in [0.717, 1.165) is 44.7 Å². The minimum absolute atomic E-state index is 0. The molecule has 3 rings (SSSR count). The van der Waals surface area contributed by atoms with Crippen LogP contribution in [0.3, 0.4) is 0 Å². The Balaban J connectivity index is 0.00000121. The molecule has 0 aromatic carbocycles. The minimum atomic E-state index is 0. The average molecular weight is 341 g/mol. The number of hydrogen-bond acceptors (Lipinski definition) is 2. The lowest BCUT2D eigenvalue weighted by atomic mass is 9.93. The number of pyridine rings is 2. The van der Waals surface area contributed by atoms with Crippen LogP contribution in [0.4, 0.5) is 0 Å². The molecular formula is C17H22Cl2N2O. The van der Waals surface area contributed by atoms with Crippen LogP contribution in [0, 0.1) is 0 Å². The molecule has 3 heterocycles. The second-order valence-corrected chi connectivity index (χ2v) is 5.33. The summed E-state index contributed by atoms with van der Waals surface area (Å²) in [6.07, 6.45) is 9.51. The molecule has 1 fully saturated rings. The predicted molar refractivity (Wildman–Crippen MR) is 84.6 cm³/mol. The Labute approximate surface area is 144 Å². The zero-order valence-electron chi connectivity index (χ0n) is 12.5. The van der Waals surface area contributed by atoms with Gasteiger partial charge in [-0.1, -0.05) is 6.07 Å². The van der Waals surface area contributed by atoms with Gasteiger partial charge in [0.2, 0.25) is 0 Å². The van der Waals surface area contributed by atoms with Crippen LogP contribution in [0.25, 0.3) is 0 Å². The fourth-order valence-corrected chi connectivity index (χ4v) is 2.71. The molecule has 1 aliphatic heterocycles. The highest BCUT2D eigenvalue weighted by atomic mass is 35.5. The molecule has 5 heteroatoms. The predicted octanol–water partition coefficient (Wildman–Crippen LogP) is -0.0684. The van der Waals surface area contributed by atoms with Crippen molar-refractivity contribution in [3.05, 3.63) is 60.2 Å². The third-order valence-electron chi connectivity index (χ3n) is 3.96. The number of hydrogen-bond donors (Lipinski definition) is 0. The molecule has 0 bridgehead atoms. The van der Waals surface area contributed by atoms with Crippen molar-refractivity contribution >= 4 is 12.4 Å². The highest BCUT2D eigenvalue weighted by Crippen LogP contribution is 2.25. The van der Waals surface area contributed by atoms with Gasteiger partial charge in [0, 0.05) is 43.7 Å². The van der Waals surface area contributed by atoms with Gasteiger partial charge in [0.05, 0.1) is 0 Å². The number of rotatable bonds is 4. The molecule has 0 N–H and O–H groups in total. The van der Waals surface area contributed by atoms with Gasteiger partial charge in [-0.2, -0.15) is 0 Å². The van der Waals surface area contributed by atoms with E-state index in [1.54, 1.807) is 0 Å². The Morgan fingerprint density at radius 3 is 2.45 bits per heavy atom. The van der Waals surface area contributed by atoms with Crippen molar-refractivity contribution in [2.24, 2.45) is 0 Å². The Bertz CT molecular complexity index is 528. The van der Waals surface area contributed by atoms with E-state index in [9.17, 15) is 0 Å². The first kappa shape index (κ1) is 18.9. The van der Waals surface area contributed by atoms with Gasteiger partial charge in [-0.25, -0.2) is 4.57 Å². The number of nitrogens with zero attached hydrogens (tertiary/aromatic N) is 2. The first-order valence-electron chi connectivity index (χ1n) is 7.38. The van der Waals surface area contributed by atoms with E-state index >= 15 is 0 Å². The molecule has 0 atom stereocenters. The third-order valence-corrected chi connectivity index (χ3v) is 3.96. The SMILES string of the molecule is Cl.[Cl-].c1ccc(CC[n+]2ccc(C3CCOCC3)cc2)nc1. The lowest BCUT2D eigenvalue weighted by Crippen LogP contribution is -3.00. The summed E-state index contributed by atoms with van der Waals surface area (Å²) in [5.41, 5.74) is 2.59. The normalized spacial score (nSPS) is 14.7. The van der Waals surface area contributed by atoms with Crippen LogP contribution in [-0.2, 0) is 17.7 Å². The summed E-state index contributed by atoms with van der Waals surface area (Å²) in [6, 6.07) is 10.6. The fourth-order valence-electron chi connectivity index (χ4n) is 2.71. The van der Waals surface area contributed by atoms with Crippen LogP contribution in [0.5, 0.6) is 0 Å². The number of halogens is 2. The van der Waals surface area contributed by atoms with Crippen molar-refractivity contribution in [2.75, 3.05) is 13.2 Å². The molecule has 0 saturated carbocycles. The van der Waals surface area contributed by atoms with E-state index in [2.05, 4.69) is 40.1 Å². The zero-order valence-corrected chi connectivity index (χ0v) is 14.1. The maximum absolute atomic E-state index is 5.42. The van der Waals surface area contributed by atoms with E-state index in [0.29, 0.717) is 5.92 Å². The van der Waals surface area contributed by atoms with Gasteiger partial charge in [0.25, 0.3) is 0 Å². The molecule has 2 aromatic rings. The number of aromatic nitrogens is 2. The van der Waals surface area contributed by atoms with Gasteiger partial charge in [-0.05, 0) is 36.5 Å². The van der Waals surface area contributed by atoms with E-state index in [4.69, 9.17) is 4.74 Å². The van der Waals surface area contributed by atoms with Gasteiger partial charge in [0.1, 0.15) is 0 Å². The molecule has 3 nitrogen and oxygen atoms in total. The quantitative estimate of drug-likeness (QED) is 0.728. The van der Waals surface area contributed by atoms with Gasteiger partial charge < -0.3 is 17.1 Å². The lowest BCUT2D eigenvalue weighted by Gasteiger charge is -2.21. The fraction of sp³-hybridized carbons (Fsp3) is 0.412. The molecule has 0 unspecified atom stereocenters. The largest absolute Gasteiger partial charge is 1.00 e. The van der Waals surface area contributed by atoms with E-state index in [1.165, 1.54) is 5.56 Å². The second-order valence-electron chi connectivity index (χ2n) is 5.33. The smallest absolute Gasteiger partial charge is 0.169 e. The summed E-state index contributed by atoms with van der Waals surface area (Å²) in [7, 11) is 0. The van der Waals surface area contributed by atoms with Crippen LogP contribution in [0.15, 0.2) is 48.9 Å². The summed E-state index contributed by atoms with van der Waals surface area (Å²) >= 11 is 0. The number of aryl methyl sites for hydroxylation is 2. The maximum Gasteiger partial charge on any atom is 0.169 e. The summed E-state index contributed by atoms with van der Waals surface area (Å²) in [6.45, 7) is 2.78. The molecule has 22 heavy (non-hydrogen) atoms. The van der Waals surface area contributed by atoms with Crippen LogP contribution < -0.4 is 17.0 Å². The molecular weight excluding hydrogens is 319 g/mol. The Kier molecular flexibility index (Phi) is 8.39. The van der Waals surface area contributed by atoms with Crippen molar-refractivity contribution in [3.63, 3.8) is 0 Å². The minimum Gasteiger partial charge on any atom is -1.00 e. The second kappa shape index (κ2) is 9.78. The van der Waals surface area contributed by atoms with Crippen molar-refractivity contribution in [3.8, 4) is 0 Å². The molecule has 0 radical (unpaired) electrons. The summed E-state index contributed by atoms with van der Waals surface area (Å²) in [5.74, 6) is 0.675. The summed E-state index contributed by atoms with van der Waals surface area (Å²) in [5, 5.41) is 0. The maximum atomic E-state index is 5.42. The first-order chi connectivity index (χ1) is 9.92. The van der Waals surface area contributed by atoms with Crippen molar-refractivity contribution in [1.29, 1.82) is 0 Å². The van der Waals surface area contributed by atoms with E-state index in [-0.39, 0.29) is 24.8 Å². The zero-order chi connectivity index (χ0) is 13.6. The average Bonchev–Trinajstić information content (AvgIpc) is 2.55. The van der Waals surface area contributed by atoms with Crippen molar-refractivity contribution in [2.45, 2.75) is 31.7 Å². The summed E-state index contributed by atoms with van der Waals surface area (Å²) in [4.78, 5) is 4.36. The standard InChI is InChI=1S/C17H21N2O.2ClH/c1-2-9-18-17(3-1)6-12-19-10-4-15(5-11-19)16-7-13-20-14-8-16;;/h1-5,9-11,16H,6-8,12-14H2;2*1H/q+1;;/p-1. The third kappa shape index (κ3) is 5.24. The topological polar surface area (TPSA) is 26.0 Å². The van der Waals surface area contributed by atoms with Crippen LogP contribution in [0.1, 0.15) is 30.0 Å². The van der Waals surface area contributed by atoms with Gasteiger partial charge in [-0.15, -0.1) is 12.4 Å². The molecule has 0 aliphatic carbocycles. The van der Waals surface area contributed by atoms with Crippen molar-refractivity contribution < 1.29 is 21.7 Å². The number of ether oxygens (including phenoxy) is 1. The van der Waals surface area contributed by atoms with E-state index < -0.39 is 0 Å². The van der Waals surface area contributed by atoms with Gasteiger partial charge in [-0.3, -0.25) is 4.98 Å². The highest BCUT2D eigenvalue weighted by Gasteiger charge is 2.16. The molecule has 120 valence electrons. The van der Waals surface area contributed by atoms with Crippen LogP contribution >= 0.6 is 12.4 Å². The molecule has 0 amide bonds. The molecule has 1 aliphatic rings. The summed E-state index contributed by atoms with van der Waals surface area (Å²) < 4.78 is 7.65. The molecule has 2 aromatic heterocycles. The Morgan fingerprint density at radius 1 is 1.09 bits per heavy atom. The van der Waals surface area contributed by atoms with Crippen LogP contribution in [0.2, 0.25) is 0 Å². The molecule has 1 saturated heterocycles. The Hall–Kier alpha value is -1.16. The lowest BCUT2D eigenvalue weighted by molar-refractivity contribution is -0.696. The highest BCUT2D eigenvalue weighted by molar-refractivity contribution is 5.85. The van der Waals surface area contributed by atoms with Crippen LogP contribution in [-0.4, -0.2) is 18.2 Å². The van der Waals surface area contributed by atoms with Gasteiger partial charge in [0.15, 0.2) is 18.9 Å². The Morgan fingerprint density at radius 2 is 1.82 bits per heavy atom. The molecule has 0 spiro atoms. The first-order valence-corrected chi connectivity index (χ1v) is 7.38. The van der Waals surface area contributed by atoms with E-state index in [1.807, 2.05) is 18.3 Å². The van der Waals surface area contributed by atoms with Crippen molar-refractivity contribution in [1.82, 2.24) is 4.98 Å². The van der Waals surface area contributed by atoms with Gasteiger partial charge >= 0.3 is 0 Å². The monoisotopic (exact) mass is 340 g/mol.